The fourth-order valence-corrected chi connectivity index (χ4v) is 4.88. The van der Waals surface area contributed by atoms with E-state index in [9.17, 15) is 0 Å². The molecule has 27 heavy (non-hydrogen) atoms. The fourth-order valence-electron chi connectivity index (χ4n) is 4.88. The molecule has 3 aromatic rings. The summed E-state index contributed by atoms with van der Waals surface area (Å²) in [5.74, 6) is 1.90. The molecule has 3 aliphatic rings. The van der Waals surface area contributed by atoms with E-state index < -0.39 is 0 Å². The van der Waals surface area contributed by atoms with Gasteiger partial charge in [0, 0.05) is 54.2 Å². The van der Waals surface area contributed by atoms with Crippen LogP contribution in [0.2, 0.25) is 0 Å². The molecule has 138 valence electrons. The zero-order valence-electron chi connectivity index (χ0n) is 15.7. The molecule has 2 heterocycles. The Morgan fingerprint density at radius 1 is 1.00 bits per heavy atom. The number of H-pyrrole nitrogens is 1. The summed E-state index contributed by atoms with van der Waals surface area (Å²) >= 11 is 0. The standard InChI is InChI=1S/C23H26N4/c1-2-15(1)13-27(14-16-3-4-16)18-9-17-11-26-21-6-5-19(20(10-18)23(17)21)22-12-24-7-8-25-22/h5-8,11-12,15-16,18,26H,1-4,9-10,13-14H2/t18-/m0/s1. The molecule has 4 heteroatoms. The maximum atomic E-state index is 4.60. The zero-order chi connectivity index (χ0) is 17.8. The van der Waals surface area contributed by atoms with Crippen molar-refractivity contribution in [3.05, 3.63) is 48.0 Å². The minimum Gasteiger partial charge on any atom is -0.361 e. The van der Waals surface area contributed by atoms with Gasteiger partial charge in [-0.3, -0.25) is 14.9 Å². The third-order valence-electron chi connectivity index (χ3n) is 6.67. The summed E-state index contributed by atoms with van der Waals surface area (Å²) in [6.45, 7) is 2.61. The second-order valence-electron chi connectivity index (χ2n) is 8.82. The van der Waals surface area contributed by atoms with Crippen LogP contribution in [-0.2, 0) is 12.8 Å². The van der Waals surface area contributed by atoms with Crippen molar-refractivity contribution in [3.8, 4) is 11.3 Å². The second kappa shape index (κ2) is 6.16. The highest BCUT2D eigenvalue weighted by Crippen LogP contribution is 2.40. The molecular weight excluding hydrogens is 332 g/mol. The molecule has 1 aromatic carbocycles. The van der Waals surface area contributed by atoms with Crippen LogP contribution in [0.1, 0.15) is 36.8 Å². The number of benzene rings is 1. The minimum absolute atomic E-state index is 0.621. The van der Waals surface area contributed by atoms with Gasteiger partial charge in [-0.25, -0.2) is 0 Å². The predicted molar refractivity (Wildman–Crippen MR) is 108 cm³/mol. The number of hydrogen-bond donors (Lipinski definition) is 1. The molecule has 0 spiro atoms. The average molecular weight is 358 g/mol. The lowest BCUT2D eigenvalue weighted by atomic mass is 9.84. The van der Waals surface area contributed by atoms with Crippen molar-refractivity contribution in [1.29, 1.82) is 0 Å². The van der Waals surface area contributed by atoms with Crippen molar-refractivity contribution in [3.63, 3.8) is 0 Å². The molecule has 2 aromatic heterocycles. The van der Waals surface area contributed by atoms with E-state index in [2.05, 4.69) is 38.2 Å². The molecule has 0 saturated heterocycles. The molecule has 4 nitrogen and oxygen atoms in total. The van der Waals surface area contributed by atoms with Crippen LogP contribution in [0.3, 0.4) is 0 Å². The number of nitrogens with zero attached hydrogens (tertiary/aromatic N) is 3. The third-order valence-corrected chi connectivity index (χ3v) is 6.67. The smallest absolute Gasteiger partial charge is 0.0888 e. The quantitative estimate of drug-likeness (QED) is 0.718. The number of nitrogens with one attached hydrogen (secondary N) is 1. The summed E-state index contributed by atoms with van der Waals surface area (Å²) in [4.78, 5) is 15.3. The van der Waals surface area contributed by atoms with E-state index in [4.69, 9.17) is 0 Å². The van der Waals surface area contributed by atoms with Gasteiger partial charge in [-0.2, -0.15) is 0 Å². The Hall–Kier alpha value is -2.20. The highest BCUT2D eigenvalue weighted by Gasteiger charge is 2.35. The van der Waals surface area contributed by atoms with E-state index in [1.807, 2.05) is 6.20 Å². The molecule has 2 fully saturated rings. The van der Waals surface area contributed by atoms with Crippen LogP contribution in [0.25, 0.3) is 22.2 Å². The van der Waals surface area contributed by atoms with Crippen LogP contribution in [0.4, 0.5) is 0 Å². The van der Waals surface area contributed by atoms with E-state index >= 15 is 0 Å². The van der Waals surface area contributed by atoms with Crippen LogP contribution in [-0.4, -0.2) is 39.0 Å². The van der Waals surface area contributed by atoms with Crippen LogP contribution in [0.5, 0.6) is 0 Å². The Morgan fingerprint density at radius 3 is 2.52 bits per heavy atom. The first-order valence-corrected chi connectivity index (χ1v) is 10.5. The normalized spacial score (nSPS) is 21.9. The number of aromatic nitrogens is 3. The van der Waals surface area contributed by atoms with E-state index in [1.165, 1.54) is 72.8 Å². The number of hydrogen-bond acceptors (Lipinski definition) is 3. The van der Waals surface area contributed by atoms with E-state index in [0.29, 0.717) is 6.04 Å². The van der Waals surface area contributed by atoms with Gasteiger partial charge in [-0.05, 0) is 67.6 Å². The van der Waals surface area contributed by atoms with Crippen molar-refractivity contribution >= 4 is 10.9 Å². The lowest BCUT2D eigenvalue weighted by molar-refractivity contribution is 0.176. The van der Waals surface area contributed by atoms with Crippen molar-refractivity contribution in [2.75, 3.05) is 13.1 Å². The Labute approximate surface area is 160 Å². The van der Waals surface area contributed by atoms with Crippen molar-refractivity contribution in [2.24, 2.45) is 11.8 Å². The SMILES string of the molecule is c1cnc(-c2ccc3[nH]cc4c3c2C[C@@H](N(CC2CC2)CC2CC2)C4)cn1. The second-order valence-corrected chi connectivity index (χ2v) is 8.82. The average Bonchev–Trinajstić information content (AvgIpc) is 3.64. The van der Waals surface area contributed by atoms with E-state index in [0.717, 1.165) is 24.0 Å². The Balaban J connectivity index is 1.40. The first-order chi connectivity index (χ1) is 13.3. The molecule has 0 amide bonds. The van der Waals surface area contributed by atoms with E-state index in [-0.39, 0.29) is 0 Å². The third kappa shape index (κ3) is 2.96. The summed E-state index contributed by atoms with van der Waals surface area (Å²) in [5.41, 5.74) is 6.48. The number of aromatic amines is 1. The van der Waals surface area contributed by atoms with Gasteiger partial charge in [0.15, 0.2) is 0 Å². The number of rotatable bonds is 6. The Morgan fingerprint density at radius 2 is 1.81 bits per heavy atom. The molecule has 1 atom stereocenters. The Bertz CT molecular complexity index is 955. The van der Waals surface area contributed by atoms with Gasteiger partial charge in [-0.15, -0.1) is 0 Å². The molecule has 0 aliphatic heterocycles. The van der Waals surface area contributed by atoms with Crippen LogP contribution in [0.15, 0.2) is 36.9 Å². The molecule has 2 saturated carbocycles. The molecule has 6 rings (SSSR count). The lowest BCUT2D eigenvalue weighted by Crippen LogP contribution is -2.42. The summed E-state index contributed by atoms with van der Waals surface area (Å²) in [7, 11) is 0. The van der Waals surface area contributed by atoms with Gasteiger partial charge in [0.25, 0.3) is 0 Å². The Kier molecular flexibility index (Phi) is 3.61. The largest absolute Gasteiger partial charge is 0.361 e. The molecule has 0 unspecified atom stereocenters. The molecule has 1 N–H and O–H groups in total. The van der Waals surface area contributed by atoms with Gasteiger partial charge >= 0.3 is 0 Å². The fraction of sp³-hybridized carbons (Fsp3) is 0.478. The van der Waals surface area contributed by atoms with Gasteiger partial charge < -0.3 is 4.98 Å². The summed E-state index contributed by atoms with van der Waals surface area (Å²) < 4.78 is 0. The van der Waals surface area contributed by atoms with Crippen molar-refractivity contribution in [1.82, 2.24) is 19.9 Å². The highest BCUT2D eigenvalue weighted by atomic mass is 15.2. The summed E-state index contributed by atoms with van der Waals surface area (Å²) in [6.07, 6.45) is 15.7. The molecule has 0 bridgehead atoms. The molecular formula is C23H26N4. The van der Waals surface area contributed by atoms with Gasteiger partial charge in [0.2, 0.25) is 0 Å². The van der Waals surface area contributed by atoms with Gasteiger partial charge in [-0.1, -0.05) is 6.07 Å². The minimum atomic E-state index is 0.621. The zero-order valence-corrected chi connectivity index (χ0v) is 15.7. The van der Waals surface area contributed by atoms with Gasteiger partial charge in [0.05, 0.1) is 11.9 Å². The van der Waals surface area contributed by atoms with Gasteiger partial charge in [0.1, 0.15) is 0 Å². The molecule has 0 radical (unpaired) electrons. The maximum absolute atomic E-state index is 4.60. The first kappa shape index (κ1) is 15.8. The monoisotopic (exact) mass is 358 g/mol. The summed E-state index contributed by atoms with van der Waals surface area (Å²) in [6, 6.07) is 5.06. The first-order valence-electron chi connectivity index (χ1n) is 10.5. The maximum Gasteiger partial charge on any atom is 0.0888 e. The summed E-state index contributed by atoms with van der Waals surface area (Å²) in [5, 5.41) is 1.44. The van der Waals surface area contributed by atoms with E-state index in [1.54, 1.807) is 12.4 Å². The molecule has 3 aliphatic carbocycles. The predicted octanol–water partition coefficient (Wildman–Crippen LogP) is 4.21. The highest BCUT2D eigenvalue weighted by molar-refractivity contribution is 5.93. The van der Waals surface area contributed by atoms with Crippen molar-refractivity contribution < 1.29 is 0 Å². The van der Waals surface area contributed by atoms with Crippen molar-refractivity contribution in [2.45, 2.75) is 44.6 Å². The van der Waals surface area contributed by atoms with Crippen LogP contribution < -0.4 is 0 Å². The topological polar surface area (TPSA) is 44.8 Å². The lowest BCUT2D eigenvalue weighted by Gasteiger charge is -2.35. The van der Waals surface area contributed by atoms with Crippen LogP contribution >= 0.6 is 0 Å². The van der Waals surface area contributed by atoms with Crippen LogP contribution in [0, 0.1) is 11.8 Å².